The molecule has 17 heavy (non-hydrogen) atoms. The predicted molar refractivity (Wildman–Crippen MR) is 65.3 cm³/mol. The Morgan fingerprint density at radius 3 is 2.82 bits per heavy atom. The quantitative estimate of drug-likeness (QED) is 0.829. The van der Waals surface area contributed by atoms with E-state index in [-0.39, 0.29) is 17.9 Å². The lowest BCUT2D eigenvalue weighted by atomic mass is 10.0. The van der Waals surface area contributed by atoms with Crippen LogP contribution in [0.15, 0.2) is 24.3 Å². The molecular weight excluding hydrogens is 214 g/mol. The highest BCUT2D eigenvalue weighted by molar-refractivity contribution is 5.97. The summed E-state index contributed by atoms with van der Waals surface area (Å²) in [7, 11) is 0. The topological polar surface area (TPSA) is 70.1 Å². The maximum atomic E-state index is 12.0. The number of benzene rings is 1. The summed E-state index contributed by atoms with van der Waals surface area (Å²) in [4.78, 5) is 13.7. The second-order valence-electron chi connectivity index (χ2n) is 4.33. The highest BCUT2D eigenvalue weighted by Gasteiger charge is 2.37. The van der Waals surface area contributed by atoms with Crippen molar-refractivity contribution >= 4 is 11.6 Å². The van der Waals surface area contributed by atoms with Crippen LogP contribution in [0.25, 0.3) is 0 Å². The number of hydrogen-bond donors (Lipinski definition) is 1. The third-order valence-electron chi connectivity index (χ3n) is 3.38. The number of carbonyl (C=O) groups is 1. The summed E-state index contributed by atoms with van der Waals surface area (Å²) in [5.74, 6) is 0.227. The SMILES string of the molecule is CC1C(CN)CC(=O)N1c1ccccc1C#N. The molecule has 0 aliphatic carbocycles. The lowest BCUT2D eigenvalue weighted by Crippen LogP contribution is -2.35. The fraction of sp³-hybridized carbons (Fsp3) is 0.385. The molecule has 1 aromatic carbocycles. The largest absolute Gasteiger partial charge is 0.330 e. The van der Waals surface area contributed by atoms with Gasteiger partial charge in [0.2, 0.25) is 5.91 Å². The van der Waals surface area contributed by atoms with E-state index in [9.17, 15) is 4.79 Å². The van der Waals surface area contributed by atoms with E-state index in [0.717, 1.165) is 0 Å². The normalized spacial score (nSPS) is 23.8. The fourth-order valence-corrected chi connectivity index (χ4v) is 2.34. The Hall–Kier alpha value is -1.86. The standard InChI is InChI=1S/C13H15N3O/c1-9-11(8-15)6-13(17)16(9)12-5-3-2-4-10(12)7-14/h2-5,9,11H,6,8,15H2,1H3. The van der Waals surface area contributed by atoms with Crippen LogP contribution in [-0.2, 0) is 4.79 Å². The number of nitriles is 1. The summed E-state index contributed by atoms with van der Waals surface area (Å²) in [5.41, 5.74) is 6.88. The van der Waals surface area contributed by atoms with Crippen molar-refractivity contribution in [3.63, 3.8) is 0 Å². The predicted octanol–water partition coefficient (Wildman–Crippen LogP) is 1.26. The number of nitrogens with zero attached hydrogens (tertiary/aromatic N) is 2. The third kappa shape index (κ3) is 1.90. The Bertz CT molecular complexity index is 478. The van der Waals surface area contributed by atoms with Crippen LogP contribution in [0.3, 0.4) is 0 Å². The molecule has 0 aromatic heterocycles. The van der Waals surface area contributed by atoms with Crippen molar-refractivity contribution in [1.29, 1.82) is 5.26 Å². The van der Waals surface area contributed by atoms with Gasteiger partial charge in [0.05, 0.1) is 11.3 Å². The first kappa shape index (κ1) is 11.6. The van der Waals surface area contributed by atoms with Gasteiger partial charge in [-0.2, -0.15) is 5.26 Å². The van der Waals surface area contributed by atoms with Gasteiger partial charge >= 0.3 is 0 Å². The average molecular weight is 229 g/mol. The minimum absolute atomic E-state index is 0.0515. The summed E-state index contributed by atoms with van der Waals surface area (Å²) in [6, 6.07) is 9.36. The van der Waals surface area contributed by atoms with Crippen LogP contribution in [-0.4, -0.2) is 18.5 Å². The highest BCUT2D eigenvalue weighted by atomic mass is 16.2. The number of carbonyl (C=O) groups excluding carboxylic acids is 1. The molecule has 0 saturated carbocycles. The van der Waals surface area contributed by atoms with Gasteiger partial charge in [0.25, 0.3) is 0 Å². The summed E-state index contributed by atoms with van der Waals surface area (Å²) >= 11 is 0. The van der Waals surface area contributed by atoms with Crippen molar-refractivity contribution in [2.75, 3.05) is 11.4 Å². The van der Waals surface area contributed by atoms with Crippen LogP contribution in [0, 0.1) is 17.2 Å². The minimum atomic E-state index is 0.0515. The zero-order chi connectivity index (χ0) is 12.4. The van der Waals surface area contributed by atoms with Crippen molar-refractivity contribution in [2.45, 2.75) is 19.4 Å². The monoisotopic (exact) mass is 229 g/mol. The molecule has 2 unspecified atom stereocenters. The van der Waals surface area contributed by atoms with E-state index in [1.165, 1.54) is 0 Å². The van der Waals surface area contributed by atoms with Gasteiger partial charge in [-0.15, -0.1) is 0 Å². The zero-order valence-electron chi connectivity index (χ0n) is 9.76. The maximum absolute atomic E-state index is 12.0. The smallest absolute Gasteiger partial charge is 0.227 e. The van der Waals surface area contributed by atoms with E-state index >= 15 is 0 Å². The molecule has 0 radical (unpaired) electrons. The minimum Gasteiger partial charge on any atom is -0.330 e. The maximum Gasteiger partial charge on any atom is 0.227 e. The van der Waals surface area contributed by atoms with Crippen molar-refractivity contribution in [1.82, 2.24) is 0 Å². The third-order valence-corrected chi connectivity index (χ3v) is 3.38. The number of hydrogen-bond acceptors (Lipinski definition) is 3. The van der Waals surface area contributed by atoms with Gasteiger partial charge in [0.15, 0.2) is 0 Å². The number of amides is 1. The van der Waals surface area contributed by atoms with E-state index in [2.05, 4.69) is 6.07 Å². The summed E-state index contributed by atoms with van der Waals surface area (Å²) < 4.78 is 0. The Morgan fingerprint density at radius 2 is 2.24 bits per heavy atom. The van der Waals surface area contributed by atoms with Gasteiger partial charge < -0.3 is 10.6 Å². The molecule has 88 valence electrons. The van der Waals surface area contributed by atoms with Crippen LogP contribution in [0.4, 0.5) is 5.69 Å². The second kappa shape index (κ2) is 4.56. The number of anilines is 1. The molecule has 2 atom stereocenters. The molecule has 0 spiro atoms. The molecule has 0 bridgehead atoms. The van der Waals surface area contributed by atoms with Gasteiger partial charge in [-0.05, 0) is 25.6 Å². The molecule has 4 heteroatoms. The van der Waals surface area contributed by atoms with E-state index in [1.54, 1.807) is 17.0 Å². The van der Waals surface area contributed by atoms with Gasteiger partial charge in [-0.25, -0.2) is 0 Å². The number of nitrogens with two attached hydrogens (primary N) is 1. The van der Waals surface area contributed by atoms with Gasteiger partial charge in [0.1, 0.15) is 6.07 Å². The molecule has 1 saturated heterocycles. The molecule has 4 nitrogen and oxygen atoms in total. The Balaban J connectivity index is 2.40. The van der Waals surface area contributed by atoms with Gasteiger partial charge in [0, 0.05) is 18.4 Å². The van der Waals surface area contributed by atoms with Crippen molar-refractivity contribution < 1.29 is 4.79 Å². The van der Waals surface area contributed by atoms with Crippen molar-refractivity contribution in [3.05, 3.63) is 29.8 Å². The van der Waals surface area contributed by atoms with Crippen LogP contribution < -0.4 is 10.6 Å². The van der Waals surface area contributed by atoms with Crippen LogP contribution in [0.5, 0.6) is 0 Å². The molecule has 1 aromatic rings. The van der Waals surface area contributed by atoms with E-state index < -0.39 is 0 Å². The van der Waals surface area contributed by atoms with Crippen LogP contribution >= 0.6 is 0 Å². The van der Waals surface area contributed by atoms with Gasteiger partial charge in [-0.1, -0.05) is 12.1 Å². The van der Waals surface area contributed by atoms with Crippen LogP contribution in [0.2, 0.25) is 0 Å². The summed E-state index contributed by atoms with van der Waals surface area (Å²) in [6.45, 7) is 2.48. The average Bonchev–Trinajstić information content (AvgIpc) is 2.64. The Labute approximate surface area is 101 Å². The first-order chi connectivity index (χ1) is 8.19. The van der Waals surface area contributed by atoms with Crippen molar-refractivity contribution in [3.8, 4) is 6.07 Å². The molecule has 1 fully saturated rings. The van der Waals surface area contributed by atoms with E-state index in [0.29, 0.717) is 24.2 Å². The molecule has 1 amide bonds. The molecule has 1 aliphatic heterocycles. The molecule has 1 aliphatic rings. The molecule has 2 N–H and O–H groups in total. The summed E-state index contributed by atoms with van der Waals surface area (Å²) in [5, 5.41) is 9.06. The number of rotatable bonds is 2. The fourth-order valence-electron chi connectivity index (χ4n) is 2.34. The molecular formula is C13H15N3O. The highest BCUT2D eigenvalue weighted by Crippen LogP contribution is 2.32. The molecule has 1 heterocycles. The van der Waals surface area contributed by atoms with Gasteiger partial charge in [-0.3, -0.25) is 4.79 Å². The number of para-hydroxylation sites is 1. The van der Waals surface area contributed by atoms with E-state index in [4.69, 9.17) is 11.0 Å². The zero-order valence-corrected chi connectivity index (χ0v) is 9.76. The first-order valence-corrected chi connectivity index (χ1v) is 5.70. The van der Waals surface area contributed by atoms with Crippen LogP contribution in [0.1, 0.15) is 18.9 Å². The first-order valence-electron chi connectivity index (χ1n) is 5.70. The molecule has 2 rings (SSSR count). The lowest BCUT2D eigenvalue weighted by Gasteiger charge is -2.25. The Morgan fingerprint density at radius 1 is 1.53 bits per heavy atom. The lowest BCUT2D eigenvalue weighted by molar-refractivity contribution is -0.117. The summed E-state index contributed by atoms with van der Waals surface area (Å²) in [6.07, 6.45) is 0.470. The van der Waals surface area contributed by atoms with Crippen molar-refractivity contribution in [2.24, 2.45) is 11.7 Å². The van der Waals surface area contributed by atoms with E-state index in [1.807, 2.05) is 19.1 Å². The second-order valence-corrected chi connectivity index (χ2v) is 4.33. The Kier molecular flexibility index (Phi) is 3.12.